The normalized spacial score (nSPS) is 12.2. The van der Waals surface area contributed by atoms with Crippen molar-refractivity contribution in [3.8, 4) is 5.75 Å². The molecule has 32 heavy (non-hydrogen) atoms. The summed E-state index contributed by atoms with van der Waals surface area (Å²) in [5, 5.41) is -0.352. The van der Waals surface area contributed by atoms with Crippen molar-refractivity contribution in [3.05, 3.63) is 70.0 Å². The first-order chi connectivity index (χ1) is 14.8. The molecule has 0 amide bonds. The molecule has 176 valence electrons. The SMILES string of the molecule is CC.CS(=O)(=O)c1ccc2[nH]c(=O)cc(C(F)(F)F)c2c1.Cc1cccc(OC(C)F)c1. The van der Waals surface area contributed by atoms with Gasteiger partial charge in [0.25, 0.3) is 0 Å². The van der Waals surface area contributed by atoms with Gasteiger partial charge in [0.2, 0.25) is 11.9 Å². The lowest BCUT2D eigenvalue weighted by Gasteiger charge is -2.10. The number of H-pyrrole nitrogens is 1. The number of hydrogen-bond acceptors (Lipinski definition) is 4. The zero-order valence-electron chi connectivity index (χ0n) is 18.2. The first kappa shape index (κ1) is 27.2. The zero-order valence-corrected chi connectivity index (χ0v) is 19.1. The van der Waals surface area contributed by atoms with Crippen LogP contribution < -0.4 is 10.3 Å². The number of halogens is 4. The molecule has 3 rings (SSSR count). The van der Waals surface area contributed by atoms with Gasteiger partial charge >= 0.3 is 6.18 Å². The Morgan fingerprint density at radius 1 is 1.03 bits per heavy atom. The van der Waals surface area contributed by atoms with Crippen molar-refractivity contribution in [1.82, 2.24) is 4.98 Å². The molecule has 0 spiro atoms. The minimum Gasteiger partial charge on any atom is -0.461 e. The smallest absolute Gasteiger partial charge is 0.417 e. The van der Waals surface area contributed by atoms with Crippen LogP contribution in [0.4, 0.5) is 17.6 Å². The first-order valence-electron chi connectivity index (χ1n) is 9.59. The maximum absolute atomic E-state index is 12.8. The first-order valence-corrected chi connectivity index (χ1v) is 11.5. The Kier molecular flexibility index (Phi) is 9.44. The minimum absolute atomic E-state index is 0.0628. The summed E-state index contributed by atoms with van der Waals surface area (Å²) in [6, 6.07) is 10.9. The van der Waals surface area contributed by atoms with E-state index in [0.717, 1.165) is 30.0 Å². The van der Waals surface area contributed by atoms with Gasteiger partial charge in [-0.1, -0.05) is 26.0 Å². The van der Waals surface area contributed by atoms with E-state index in [1.807, 2.05) is 32.9 Å². The van der Waals surface area contributed by atoms with E-state index in [4.69, 9.17) is 4.74 Å². The van der Waals surface area contributed by atoms with Crippen molar-refractivity contribution in [2.75, 3.05) is 6.26 Å². The van der Waals surface area contributed by atoms with E-state index in [2.05, 4.69) is 4.98 Å². The van der Waals surface area contributed by atoms with Gasteiger partial charge in [0.1, 0.15) is 5.75 Å². The zero-order chi connectivity index (χ0) is 24.7. The van der Waals surface area contributed by atoms with E-state index in [-0.39, 0.29) is 15.8 Å². The Morgan fingerprint density at radius 2 is 1.66 bits per heavy atom. The summed E-state index contributed by atoms with van der Waals surface area (Å²) in [4.78, 5) is 13.2. The number of fused-ring (bicyclic) bond motifs is 1. The van der Waals surface area contributed by atoms with Crippen LogP contribution >= 0.6 is 0 Å². The summed E-state index contributed by atoms with van der Waals surface area (Å²) in [6.45, 7) is 7.30. The monoisotopic (exact) mass is 475 g/mol. The molecule has 1 aromatic heterocycles. The summed E-state index contributed by atoms with van der Waals surface area (Å²) >= 11 is 0. The van der Waals surface area contributed by atoms with Crippen molar-refractivity contribution in [2.45, 2.75) is 45.1 Å². The van der Waals surface area contributed by atoms with Gasteiger partial charge in [-0.25, -0.2) is 12.8 Å². The molecule has 0 radical (unpaired) electrons. The van der Waals surface area contributed by atoms with Gasteiger partial charge in [0, 0.05) is 30.1 Å². The van der Waals surface area contributed by atoms with Crippen LogP contribution in [0.15, 0.2) is 58.2 Å². The molecule has 0 aliphatic rings. The summed E-state index contributed by atoms with van der Waals surface area (Å²) in [7, 11) is -3.63. The molecule has 0 aliphatic carbocycles. The Balaban J connectivity index is 0.000000335. The van der Waals surface area contributed by atoms with Crippen molar-refractivity contribution in [1.29, 1.82) is 0 Å². The number of nitrogens with one attached hydrogen (secondary N) is 1. The fourth-order valence-corrected chi connectivity index (χ4v) is 3.22. The van der Waals surface area contributed by atoms with E-state index in [1.54, 1.807) is 12.1 Å². The van der Waals surface area contributed by atoms with Gasteiger partial charge in [0.15, 0.2) is 9.84 Å². The third-order valence-electron chi connectivity index (χ3n) is 3.84. The molecule has 0 fully saturated rings. The molecule has 5 nitrogen and oxygen atoms in total. The molecule has 3 aromatic rings. The van der Waals surface area contributed by atoms with Crippen LogP contribution in [-0.2, 0) is 16.0 Å². The molecule has 1 atom stereocenters. The van der Waals surface area contributed by atoms with E-state index in [9.17, 15) is 30.8 Å². The van der Waals surface area contributed by atoms with Crippen LogP contribution in [0.2, 0.25) is 0 Å². The molecule has 1 heterocycles. The van der Waals surface area contributed by atoms with Crippen LogP contribution in [-0.4, -0.2) is 26.0 Å². The van der Waals surface area contributed by atoms with Crippen LogP contribution in [0.5, 0.6) is 5.75 Å². The maximum atomic E-state index is 12.8. The van der Waals surface area contributed by atoms with E-state index >= 15 is 0 Å². The Bertz CT molecular complexity index is 1200. The number of alkyl halides is 4. The summed E-state index contributed by atoms with van der Waals surface area (Å²) in [5.41, 5.74) is -1.04. The standard InChI is InChI=1S/C11H8F3NO3S.C9H11FO.C2H6/c1-19(17,18)6-2-3-9-7(4-6)8(11(12,13)14)5-10(16)15-9;1-7-4-3-5-9(6-7)11-8(2)10;1-2/h2-5H,1H3,(H,15,16);3-6,8H,1-2H3;1-2H3. The maximum Gasteiger partial charge on any atom is 0.417 e. The van der Waals surface area contributed by atoms with Crippen molar-refractivity contribution in [2.24, 2.45) is 0 Å². The fourth-order valence-electron chi connectivity index (χ4n) is 2.57. The predicted molar refractivity (Wildman–Crippen MR) is 116 cm³/mol. The van der Waals surface area contributed by atoms with Crippen molar-refractivity contribution in [3.63, 3.8) is 0 Å². The van der Waals surface area contributed by atoms with Crippen LogP contribution in [0.1, 0.15) is 31.9 Å². The predicted octanol–water partition coefficient (Wildman–Crippen LogP) is 5.67. The molecule has 2 aromatic carbocycles. The van der Waals surface area contributed by atoms with Gasteiger partial charge in [0.05, 0.1) is 10.5 Å². The van der Waals surface area contributed by atoms with Gasteiger partial charge in [-0.3, -0.25) is 4.79 Å². The molecular weight excluding hydrogens is 450 g/mol. The summed E-state index contributed by atoms with van der Waals surface area (Å²) in [5.74, 6) is 0.583. The molecule has 1 unspecified atom stereocenters. The lowest BCUT2D eigenvalue weighted by atomic mass is 10.1. The molecule has 0 aliphatic heterocycles. The number of aryl methyl sites for hydroxylation is 1. The molecular formula is C22H25F4NO4S. The average Bonchev–Trinajstić information content (AvgIpc) is 2.67. The van der Waals surface area contributed by atoms with E-state index < -0.39 is 33.5 Å². The lowest BCUT2D eigenvalue weighted by molar-refractivity contribution is -0.136. The van der Waals surface area contributed by atoms with E-state index in [0.29, 0.717) is 11.8 Å². The summed E-state index contributed by atoms with van der Waals surface area (Å²) < 4.78 is 78.3. The third kappa shape index (κ3) is 7.99. The number of ether oxygens (including phenoxy) is 1. The van der Waals surface area contributed by atoms with Crippen LogP contribution in [0, 0.1) is 6.92 Å². The fraction of sp³-hybridized carbons (Fsp3) is 0.318. The average molecular weight is 476 g/mol. The van der Waals surface area contributed by atoms with Crippen molar-refractivity contribution >= 4 is 20.7 Å². The Hall–Kier alpha value is -2.88. The number of aromatic nitrogens is 1. The number of aromatic amines is 1. The highest BCUT2D eigenvalue weighted by molar-refractivity contribution is 7.90. The molecule has 1 N–H and O–H groups in total. The topological polar surface area (TPSA) is 76.2 Å². The quantitative estimate of drug-likeness (QED) is 0.496. The Morgan fingerprint density at radius 3 is 2.16 bits per heavy atom. The second kappa shape index (κ2) is 11.1. The lowest BCUT2D eigenvalue weighted by Crippen LogP contribution is -2.14. The second-order valence-corrected chi connectivity index (χ2v) is 8.52. The van der Waals surface area contributed by atoms with Gasteiger partial charge in [-0.05, 0) is 42.8 Å². The molecule has 10 heteroatoms. The van der Waals surface area contributed by atoms with Crippen LogP contribution in [0.3, 0.4) is 0 Å². The number of hydrogen-bond donors (Lipinski definition) is 1. The third-order valence-corrected chi connectivity index (χ3v) is 4.95. The second-order valence-electron chi connectivity index (χ2n) is 6.50. The highest BCUT2D eigenvalue weighted by atomic mass is 32.2. The molecule has 0 saturated carbocycles. The number of rotatable bonds is 3. The van der Waals surface area contributed by atoms with E-state index in [1.165, 1.54) is 6.92 Å². The largest absolute Gasteiger partial charge is 0.461 e. The number of sulfone groups is 1. The molecule has 0 saturated heterocycles. The Labute approximate surface area is 184 Å². The highest BCUT2D eigenvalue weighted by Crippen LogP contribution is 2.34. The number of pyridine rings is 1. The van der Waals surface area contributed by atoms with Gasteiger partial charge in [-0.2, -0.15) is 13.2 Å². The summed E-state index contributed by atoms with van der Waals surface area (Å²) in [6.07, 6.45) is -5.08. The van der Waals surface area contributed by atoms with Crippen LogP contribution in [0.25, 0.3) is 10.9 Å². The highest BCUT2D eigenvalue weighted by Gasteiger charge is 2.33. The van der Waals surface area contributed by atoms with Gasteiger partial charge in [-0.15, -0.1) is 0 Å². The number of benzene rings is 2. The minimum atomic E-state index is -4.73. The molecule has 0 bridgehead atoms. The van der Waals surface area contributed by atoms with Crippen molar-refractivity contribution < 1.29 is 30.7 Å². The van der Waals surface area contributed by atoms with Gasteiger partial charge < -0.3 is 9.72 Å².